The van der Waals surface area contributed by atoms with Gasteiger partial charge in [-0.2, -0.15) is 0 Å². The number of fused-ring (bicyclic) bond motifs is 1. The summed E-state index contributed by atoms with van der Waals surface area (Å²) in [7, 11) is 1.65. The summed E-state index contributed by atoms with van der Waals surface area (Å²) in [6, 6.07) is 15.2. The molecule has 0 saturated heterocycles. The third-order valence-corrected chi connectivity index (χ3v) is 4.35. The Morgan fingerprint density at radius 2 is 1.92 bits per heavy atom. The van der Waals surface area contributed by atoms with Crippen molar-refractivity contribution in [2.24, 2.45) is 5.73 Å². The molecular weight excluding hydrogens is 340 g/mol. The van der Waals surface area contributed by atoms with Gasteiger partial charge < -0.3 is 19.3 Å². The second kappa shape index (κ2) is 7.59. The van der Waals surface area contributed by atoms with Crippen molar-refractivity contribution < 1.29 is 13.8 Å². The maximum Gasteiger partial charge on any atom is 0.341 e. The number of hydrogen-bond donors (Lipinski definition) is 1. The molecule has 1 atom stereocenters. The van der Waals surface area contributed by atoms with Crippen molar-refractivity contribution in [2.45, 2.75) is 19.0 Å². The number of methoxy groups -OCH3 is 1. The number of carbonyl (C=O) groups excluding carboxylic acids is 1. The maximum absolute atomic E-state index is 11.5. The summed E-state index contributed by atoms with van der Waals surface area (Å²) in [4.78, 5) is 11.5. The first-order chi connectivity index (χ1) is 12.1. The van der Waals surface area contributed by atoms with Gasteiger partial charge >= 0.3 is 5.97 Å². The minimum absolute atomic E-state index is 0.363. The number of rotatable bonds is 6. The molecule has 2 aromatic carbocycles. The molecule has 0 saturated carbocycles. The third-order valence-electron chi connectivity index (χ3n) is 4.20. The van der Waals surface area contributed by atoms with Gasteiger partial charge in [0.15, 0.2) is 0 Å². The predicted molar refractivity (Wildman–Crippen MR) is 97.7 cm³/mol. The van der Waals surface area contributed by atoms with E-state index >= 15 is 0 Å². The van der Waals surface area contributed by atoms with Gasteiger partial charge in [-0.25, -0.2) is 4.79 Å². The monoisotopic (exact) mass is 358 g/mol. The molecule has 6 heteroatoms. The number of hydrogen-bond acceptors (Lipinski definition) is 4. The summed E-state index contributed by atoms with van der Waals surface area (Å²) in [5.41, 5.74) is 9.08. The number of ether oxygens (including phenoxy) is 1. The molecular formula is C19H19ClN2O3. The average Bonchev–Trinajstić information content (AvgIpc) is 2.99. The summed E-state index contributed by atoms with van der Waals surface area (Å²) in [5.74, 6) is 0.195. The highest BCUT2D eigenvalue weighted by Gasteiger charge is 2.18. The maximum atomic E-state index is 11.5. The Kier molecular flexibility index (Phi) is 5.26. The van der Waals surface area contributed by atoms with Crippen LogP contribution in [0.3, 0.4) is 0 Å². The van der Waals surface area contributed by atoms with Crippen LogP contribution in [0.25, 0.3) is 10.9 Å². The van der Waals surface area contributed by atoms with Crippen molar-refractivity contribution in [1.29, 1.82) is 0 Å². The topological polar surface area (TPSA) is 66.5 Å². The molecule has 0 aliphatic heterocycles. The average molecular weight is 359 g/mol. The summed E-state index contributed by atoms with van der Waals surface area (Å²) < 4.78 is 11.5. The largest absolute Gasteiger partial charge is 0.497 e. The highest BCUT2D eigenvalue weighted by Crippen LogP contribution is 2.24. The van der Waals surface area contributed by atoms with Gasteiger partial charge in [0, 0.05) is 30.1 Å². The van der Waals surface area contributed by atoms with Crippen LogP contribution in [0.15, 0.2) is 54.7 Å². The van der Waals surface area contributed by atoms with Crippen LogP contribution >= 0.6 is 11.9 Å². The quantitative estimate of drug-likeness (QED) is 0.734. The highest BCUT2D eigenvalue weighted by atomic mass is 35.5. The molecule has 1 aromatic heterocycles. The lowest BCUT2D eigenvalue weighted by Crippen LogP contribution is -2.32. The van der Waals surface area contributed by atoms with E-state index in [0.29, 0.717) is 13.0 Å². The van der Waals surface area contributed by atoms with Crippen molar-refractivity contribution in [3.05, 3.63) is 65.9 Å². The van der Waals surface area contributed by atoms with Crippen molar-refractivity contribution in [3.63, 3.8) is 0 Å². The number of aromatic nitrogens is 1. The predicted octanol–water partition coefficient (Wildman–Crippen LogP) is 3.27. The zero-order chi connectivity index (χ0) is 17.8. The summed E-state index contributed by atoms with van der Waals surface area (Å²) in [6.07, 6.45) is 2.39. The van der Waals surface area contributed by atoms with E-state index in [-0.39, 0.29) is 0 Å². The molecule has 130 valence electrons. The van der Waals surface area contributed by atoms with Crippen molar-refractivity contribution >= 4 is 28.7 Å². The molecule has 3 rings (SSSR count). The van der Waals surface area contributed by atoms with E-state index < -0.39 is 12.0 Å². The lowest BCUT2D eigenvalue weighted by Gasteiger charge is -2.07. The molecule has 1 heterocycles. The van der Waals surface area contributed by atoms with Gasteiger partial charge in [0.2, 0.25) is 0 Å². The van der Waals surface area contributed by atoms with Crippen molar-refractivity contribution in [2.75, 3.05) is 7.11 Å². The van der Waals surface area contributed by atoms with Crippen molar-refractivity contribution in [3.8, 4) is 5.75 Å². The van der Waals surface area contributed by atoms with E-state index in [0.717, 1.165) is 27.8 Å². The van der Waals surface area contributed by atoms with Gasteiger partial charge in [0.05, 0.1) is 7.11 Å². The van der Waals surface area contributed by atoms with E-state index in [1.54, 1.807) is 7.11 Å². The Morgan fingerprint density at radius 3 is 2.60 bits per heavy atom. The van der Waals surface area contributed by atoms with Crippen LogP contribution in [-0.2, 0) is 22.0 Å². The van der Waals surface area contributed by atoms with E-state index in [1.807, 2.05) is 54.7 Å². The fourth-order valence-electron chi connectivity index (χ4n) is 2.92. The molecule has 0 unspecified atom stereocenters. The minimum Gasteiger partial charge on any atom is -0.497 e. The Hall–Kier alpha value is -2.50. The lowest BCUT2D eigenvalue weighted by molar-refractivity contribution is -0.135. The van der Waals surface area contributed by atoms with Gasteiger partial charge in [-0.1, -0.05) is 30.3 Å². The molecule has 0 bridgehead atoms. The first-order valence-electron chi connectivity index (χ1n) is 7.90. The first kappa shape index (κ1) is 17.3. The van der Waals surface area contributed by atoms with E-state index in [2.05, 4.69) is 8.86 Å². The zero-order valence-electron chi connectivity index (χ0n) is 13.8. The molecule has 3 aromatic rings. The molecule has 0 aliphatic carbocycles. The number of halogens is 1. The third kappa shape index (κ3) is 3.78. The SMILES string of the molecule is COc1ccc(Cn2cc(C[C@H](N)C(=O)OCl)c3ccccc32)cc1. The number of para-hydroxylation sites is 1. The fraction of sp³-hybridized carbons (Fsp3) is 0.211. The van der Waals surface area contributed by atoms with Crippen LogP contribution in [0.5, 0.6) is 5.75 Å². The van der Waals surface area contributed by atoms with Crippen LogP contribution in [0.4, 0.5) is 0 Å². The van der Waals surface area contributed by atoms with E-state index in [9.17, 15) is 4.79 Å². The Morgan fingerprint density at radius 1 is 1.20 bits per heavy atom. The number of carbonyl (C=O) groups is 1. The molecule has 25 heavy (non-hydrogen) atoms. The second-order valence-corrected chi connectivity index (χ2v) is 6.01. The minimum atomic E-state index is -0.794. The molecule has 0 radical (unpaired) electrons. The van der Waals surface area contributed by atoms with Crippen LogP contribution in [0, 0.1) is 0 Å². The molecule has 5 nitrogen and oxygen atoms in total. The Labute approximate surface area is 151 Å². The lowest BCUT2D eigenvalue weighted by atomic mass is 10.1. The number of benzene rings is 2. The van der Waals surface area contributed by atoms with Crippen LogP contribution in [0.1, 0.15) is 11.1 Å². The van der Waals surface area contributed by atoms with Crippen LogP contribution in [0.2, 0.25) is 0 Å². The molecule has 0 fully saturated rings. The first-order valence-corrected chi connectivity index (χ1v) is 8.21. The normalized spacial score (nSPS) is 12.1. The summed E-state index contributed by atoms with van der Waals surface area (Å²) >= 11 is 5.12. The fourth-order valence-corrected chi connectivity index (χ4v) is 3.04. The van der Waals surface area contributed by atoms with Gasteiger partial charge in [-0.05, 0) is 29.3 Å². The Balaban J connectivity index is 1.91. The molecule has 0 amide bonds. The van der Waals surface area contributed by atoms with Crippen molar-refractivity contribution in [1.82, 2.24) is 4.57 Å². The number of nitrogens with two attached hydrogens (primary N) is 1. The summed E-state index contributed by atoms with van der Waals surface area (Å²) in [5, 5.41) is 1.06. The van der Waals surface area contributed by atoms with Crippen LogP contribution in [-0.4, -0.2) is 23.7 Å². The summed E-state index contributed by atoms with van der Waals surface area (Å²) in [6.45, 7) is 0.708. The van der Waals surface area contributed by atoms with E-state index in [4.69, 9.17) is 22.3 Å². The smallest absolute Gasteiger partial charge is 0.341 e. The number of nitrogens with zero attached hydrogens (tertiary/aromatic N) is 1. The van der Waals surface area contributed by atoms with Gasteiger partial charge in [-0.15, -0.1) is 0 Å². The van der Waals surface area contributed by atoms with E-state index in [1.165, 1.54) is 0 Å². The highest BCUT2D eigenvalue weighted by molar-refractivity contribution is 6.13. The second-order valence-electron chi connectivity index (χ2n) is 5.85. The van der Waals surface area contributed by atoms with Crippen LogP contribution < -0.4 is 10.5 Å². The molecule has 2 N–H and O–H groups in total. The Bertz CT molecular complexity index is 874. The standard InChI is InChI=1S/C19H19ClN2O3/c1-24-15-8-6-13(7-9-15)11-22-12-14(10-17(21)19(23)25-20)16-4-2-3-5-18(16)22/h2-9,12,17H,10-11,21H2,1H3/t17-/m0/s1. The van der Waals surface area contributed by atoms with Gasteiger partial charge in [-0.3, -0.25) is 0 Å². The van der Waals surface area contributed by atoms with Gasteiger partial charge in [0.25, 0.3) is 0 Å². The molecule has 0 aliphatic rings. The zero-order valence-corrected chi connectivity index (χ0v) is 14.6. The molecule has 0 spiro atoms. The van der Waals surface area contributed by atoms with Gasteiger partial charge in [0.1, 0.15) is 23.7 Å².